The summed E-state index contributed by atoms with van der Waals surface area (Å²) in [6.45, 7) is 1.58. The number of halogens is 5. The number of aliphatic hydroxyl groups excluding tert-OH is 1. The fourth-order valence-corrected chi connectivity index (χ4v) is 3.24. The maximum Gasteiger partial charge on any atom is 0.310 e. The second-order valence-electron chi connectivity index (χ2n) is 5.50. The third-order valence-corrected chi connectivity index (χ3v) is 4.92. The van der Waals surface area contributed by atoms with Gasteiger partial charge in [-0.1, -0.05) is 26.4 Å². The highest BCUT2D eigenvalue weighted by Gasteiger charge is 2.65. The molecule has 4 nitrogen and oxygen atoms in total. The molecule has 0 aliphatic heterocycles. The molecule has 1 aromatic carbocycles. The first kappa shape index (κ1) is 17.6. The van der Waals surface area contributed by atoms with Gasteiger partial charge in [-0.25, -0.2) is 9.67 Å². The second-order valence-corrected chi connectivity index (χ2v) is 7.91. The first-order valence-electron chi connectivity index (χ1n) is 7.25. The zero-order valence-electron chi connectivity index (χ0n) is 13.0. The molecule has 3 rings (SSSR count). The molecule has 1 N–H and O–H groups in total. The van der Waals surface area contributed by atoms with Crippen molar-refractivity contribution in [3.63, 3.8) is 0 Å². The molecule has 0 saturated heterocycles. The Morgan fingerprint density at radius 3 is 2.20 bits per heavy atom. The van der Waals surface area contributed by atoms with Gasteiger partial charge in [0.1, 0.15) is 4.90 Å². The standard InChI is InChI=1S/C15H14F5N3OS/c1-2-13-14-10(9-24)7-8-21-15(14)23(22-13)11-3-5-12(6-4-11)25(16,17,18,19)20/h3-8,24H,2,9H2,1H3. The van der Waals surface area contributed by atoms with E-state index in [0.29, 0.717) is 40.8 Å². The third-order valence-electron chi connectivity index (χ3n) is 3.76. The molecule has 0 saturated carbocycles. The molecular formula is C15H14F5N3OS. The van der Waals surface area contributed by atoms with Gasteiger partial charge in [0.2, 0.25) is 0 Å². The van der Waals surface area contributed by atoms with Gasteiger partial charge in [0, 0.05) is 11.6 Å². The van der Waals surface area contributed by atoms with Gasteiger partial charge in [-0.2, -0.15) is 5.10 Å². The number of aliphatic hydroxyl groups is 1. The minimum absolute atomic E-state index is 0.165. The molecule has 0 unspecified atom stereocenters. The Hall–Kier alpha value is -2.20. The van der Waals surface area contributed by atoms with Crippen LogP contribution in [0.3, 0.4) is 0 Å². The largest absolute Gasteiger partial charge is 0.392 e. The lowest BCUT2D eigenvalue weighted by Gasteiger charge is -2.40. The van der Waals surface area contributed by atoms with Crippen molar-refractivity contribution in [2.24, 2.45) is 0 Å². The molecule has 0 bridgehead atoms. The van der Waals surface area contributed by atoms with E-state index in [0.717, 1.165) is 12.1 Å². The first-order valence-corrected chi connectivity index (χ1v) is 9.20. The van der Waals surface area contributed by atoms with Crippen molar-refractivity contribution in [3.8, 4) is 5.69 Å². The van der Waals surface area contributed by atoms with Crippen LogP contribution in [0.4, 0.5) is 19.4 Å². The highest BCUT2D eigenvalue weighted by atomic mass is 32.5. The SMILES string of the molecule is CCc1nn(-c2ccc(S(F)(F)(F)(F)F)cc2)c2nccc(CO)c12. The summed E-state index contributed by atoms with van der Waals surface area (Å²) in [5.74, 6) is 0. The first-order chi connectivity index (χ1) is 11.4. The van der Waals surface area contributed by atoms with Gasteiger partial charge in [0.25, 0.3) is 0 Å². The number of rotatable bonds is 4. The number of aromatic nitrogens is 3. The zero-order chi connectivity index (χ0) is 18.5. The molecule has 0 spiro atoms. The average Bonchev–Trinajstić information content (AvgIpc) is 2.91. The fraction of sp³-hybridized carbons (Fsp3) is 0.200. The van der Waals surface area contributed by atoms with E-state index < -0.39 is 15.1 Å². The summed E-state index contributed by atoms with van der Waals surface area (Å²) in [7, 11) is -9.71. The van der Waals surface area contributed by atoms with Gasteiger partial charge < -0.3 is 5.11 Å². The van der Waals surface area contributed by atoms with Gasteiger partial charge in [0.05, 0.1) is 18.0 Å². The van der Waals surface area contributed by atoms with E-state index in [2.05, 4.69) is 10.1 Å². The van der Waals surface area contributed by atoms with E-state index in [9.17, 15) is 24.5 Å². The molecule has 3 aromatic rings. The van der Waals surface area contributed by atoms with E-state index in [4.69, 9.17) is 0 Å². The van der Waals surface area contributed by atoms with Crippen molar-refractivity contribution >= 4 is 21.3 Å². The van der Waals surface area contributed by atoms with Crippen molar-refractivity contribution in [2.45, 2.75) is 24.8 Å². The second kappa shape index (κ2) is 4.92. The lowest BCUT2D eigenvalue weighted by molar-refractivity contribution is 0.283. The van der Waals surface area contributed by atoms with Crippen LogP contribution in [0.5, 0.6) is 0 Å². The third kappa shape index (κ3) is 3.19. The average molecular weight is 379 g/mol. The highest BCUT2D eigenvalue weighted by Crippen LogP contribution is 3.02. The van der Waals surface area contributed by atoms with Crippen molar-refractivity contribution in [1.82, 2.24) is 14.8 Å². The van der Waals surface area contributed by atoms with Crippen LogP contribution < -0.4 is 0 Å². The Morgan fingerprint density at radius 2 is 1.68 bits per heavy atom. The van der Waals surface area contributed by atoms with Crippen molar-refractivity contribution in [1.29, 1.82) is 0 Å². The van der Waals surface area contributed by atoms with E-state index >= 15 is 0 Å². The van der Waals surface area contributed by atoms with Crippen molar-refractivity contribution < 1.29 is 24.5 Å². The van der Waals surface area contributed by atoms with Gasteiger partial charge >= 0.3 is 10.2 Å². The molecule has 10 heteroatoms. The van der Waals surface area contributed by atoms with Crippen LogP contribution in [0.2, 0.25) is 0 Å². The van der Waals surface area contributed by atoms with Crippen LogP contribution in [-0.2, 0) is 13.0 Å². The quantitative estimate of drug-likeness (QED) is 0.639. The van der Waals surface area contributed by atoms with Gasteiger partial charge in [-0.3, -0.25) is 0 Å². The van der Waals surface area contributed by atoms with Crippen LogP contribution >= 0.6 is 10.2 Å². The maximum absolute atomic E-state index is 12.8. The summed E-state index contributed by atoms with van der Waals surface area (Å²) in [5, 5.41) is 14.3. The topological polar surface area (TPSA) is 50.9 Å². The maximum atomic E-state index is 12.8. The van der Waals surface area contributed by atoms with E-state index in [1.807, 2.05) is 6.92 Å². The van der Waals surface area contributed by atoms with Crippen molar-refractivity contribution in [3.05, 3.63) is 47.8 Å². The lowest BCUT2D eigenvalue weighted by atomic mass is 10.1. The molecule has 0 amide bonds. The van der Waals surface area contributed by atoms with E-state index in [-0.39, 0.29) is 12.3 Å². The number of aryl methyl sites for hydroxylation is 1. The molecule has 136 valence electrons. The molecule has 25 heavy (non-hydrogen) atoms. The molecule has 0 radical (unpaired) electrons. The number of pyridine rings is 1. The fourth-order valence-electron chi connectivity index (χ4n) is 2.59. The Bertz CT molecular complexity index is 952. The molecule has 0 atom stereocenters. The Balaban J connectivity index is 2.19. The monoisotopic (exact) mass is 379 g/mol. The predicted octanol–water partition coefficient (Wildman–Crippen LogP) is 5.13. The molecule has 0 aliphatic carbocycles. The summed E-state index contributed by atoms with van der Waals surface area (Å²) in [4.78, 5) is 2.20. The van der Waals surface area contributed by atoms with Crippen LogP contribution in [0.15, 0.2) is 41.4 Å². The summed E-state index contributed by atoms with van der Waals surface area (Å²) in [6, 6.07) is 4.14. The minimum Gasteiger partial charge on any atom is -0.392 e. The molecule has 0 aliphatic rings. The number of nitrogens with zero attached hydrogens (tertiary/aromatic N) is 3. The summed E-state index contributed by atoms with van der Waals surface area (Å²) < 4.78 is 65.4. The number of hydrogen-bond donors (Lipinski definition) is 1. The Kier molecular flexibility index (Phi) is 3.46. The number of hydrogen-bond acceptors (Lipinski definition) is 3. The van der Waals surface area contributed by atoms with Gasteiger partial charge in [-0.05, 0) is 42.3 Å². The normalized spacial score (nSPS) is 15.2. The molecule has 0 fully saturated rings. The minimum atomic E-state index is -9.71. The Labute approximate surface area is 139 Å². The van der Waals surface area contributed by atoms with Crippen molar-refractivity contribution in [2.75, 3.05) is 0 Å². The van der Waals surface area contributed by atoms with Crippen LogP contribution in [0.1, 0.15) is 18.2 Å². The van der Waals surface area contributed by atoms with E-state index in [1.54, 1.807) is 6.07 Å². The summed E-state index contributed by atoms with van der Waals surface area (Å²) >= 11 is 0. The smallest absolute Gasteiger partial charge is 0.310 e. The molecule has 2 aromatic heterocycles. The van der Waals surface area contributed by atoms with Crippen LogP contribution in [0.25, 0.3) is 16.7 Å². The number of benzene rings is 1. The van der Waals surface area contributed by atoms with Crippen LogP contribution in [0, 0.1) is 0 Å². The highest BCUT2D eigenvalue weighted by molar-refractivity contribution is 8.45. The lowest BCUT2D eigenvalue weighted by Crippen LogP contribution is -2.06. The van der Waals surface area contributed by atoms with Gasteiger partial charge in [-0.15, -0.1) is 0 Å². The molecule has 2 heterocycles. The Morgan fingerprint density at radius 1 is 1.04 bits per heavy atom. The summed E-state index contributed by atoms with van der Waals surface area (Å²) in [6.07, 6.45) is 1.94. The van der Waals surface area contributed by atoms with E-state index in [1.165, 1.54) is 10.9 Å². The molecular weight excluding hydrogens is 365 g/mol. The van der Waals surface area contributed by atoms with Crippen LogP contribution in [-0.4, -0.2) is 19.9 Å². The predicted molar refractivity (Wildman–Crippen MR) is 85.6 cm³/mol. The zero-order valence-corrected chi connectivity index (χ0v) is 13.8. The number of fused-ring (bicyclic) bond motifs is 1. The summed E-state index contributed by atoms with van der Waals surface area (Å²) in [5.41, 5.74) is 1.68. The van der Waals surface area contributed by atoms with Gasteiger partial charge in [0.15, 0.2) is 5.65 Å².